The number of anilines is 10. The van der Waals surface area contributed by atoms with Crippen LogP contribution in [0.1, 0.15) is 156 Å². The van der Waals surface area contributed by atoms with Crippen LogP contribution >= 0.6 is 45.3 Å². The lowest BCUT2D eigenvalue weighted by Crippen LogP contribution is -2.19. The number of nitrogens with two attached hydrogens (primary N) is 4. The van der Waals surface area contributed by atoms with E-state index in [0.29, 0.717) is 74.7 Å². The van der Waals surface area contributed by atoms with Gasteiger partial charge in [0.2, 0.25) is 0 Å². The van der Waals surface area contributed by atoms with E-state index in [1.54, 1.807) is 33.9 Å². The zero-order chi connectivity index (χ0) is 62.1. The van der Waals surface area contributed by atoms with Crippen molar-refractivity contribution in [2.75, 3.05) is 54.8 Å². The van der Waals surface area contributed by atoms with Gasteiger partial charge in [-0.1, -0.05) is 75.6 Å². The minimum Gasteiger partial charge on any atom is -0.476 e. The largest absolute Gasteiger partial charge is 0.476 e. The molecule has 4 fully saturated rings. The van der Waals surface area contributed by atoms with Crippen LogP contribution in [0, 0.1) is 27.7 Å². The zero-order valence-electron chi connectivity index (χ0n) is 50.2. The highest BCUT2D eigenvalue weighted by Gasteiger charge is 2.25. The number of hydrogen-bond acceptors (Lipinski definition) is 20. The van der Waals surface area contributed by atoms with E-state index in [9.17, 15) is 14.4 Å². The van der Waals surface area contributed by atoms with E-state index < -0.39 is 5.97 Å². The van der Waals surface area contributed by atoms with Gasteiger partial charge in [-0.25, -0.2) is 29.7 Å². The highest BCUT2D eigenvalue weighted by atomic mass is 32.1. The van der Waals surface area contributed by atoms with Crippen molar-refractivity contribution in [1.82, 2.24) is 29.9 Å². The van der Waals surface area contributed by atoms with E-state index >= 15 is 0 Å². The van der Waals surface area contributed by atoms with Crippen LogP contribution in [0.25, 0.3) is 22.6 Å². The number of carboxylic acids is 1. The molecular weight excluding hydrogens is 1190 g/mol. The molecule has 0 bridgehead atoms. The van der Waals surface area contributed by atoms with Crippen molar-refractivity contribution in [3.63, 3.8) is 0 Å². The highest BCUT2D eigenvalue weighted by Crippen LogP contribution is 2.35. The molecule has 464 valence electrons. The van der Waals surface area contributed by atoms with Crippen molar-refractivity contribution in [1.29, 1.82) is 0 Å². The first-order valence-corrected chi connectivity index (χ1v) is 33.5. The van der Waals surface area contributed by atoms with Crippen LogP contribution in [0.2, 0.25) is 0 Å². The van der Waals surface area contributed by atoms with Crippen molar-refractivity contribution in [2.24, 2.45) is 0 Å². The number of aryl methyl sites for hydroxylation is 4. The number of hydrogen-bond donors (Lipinski definition) is 12. The topological polar surface area (TPSA) is 328 Å². The number of imidazole rings is 1. The predicted molar refractivity (Wildman–Crippen MR) is 366 cm³/mol. The number of aromatic nitrogens is 6. The first-order valence-electron chi connectivity index (χ1n) is 30.0. The van der Waals surface area contributed by atoms with Gasteiger partial charge in [-0.05, 0) is 150 Å². The molecule has 0 atom stereocenters. The van der Waals surface area contributed by atoms with Crippen molar-refractivity contribution < 1.29 is 19.5 Å². The smallest absolute Gasteiger partial charge is 0.357 e. The summed E-state index contributed by atoms with van der Waals surface area (Å²) in [5.74, 6) is -0.541. The number of carbonyl (C=O) groups excluding carboxylic acids is 2. The summed E-state index contributed by atoms with van der Waals surface area (Å²) < 4.78 is 0. The first kappa shape index (κ1) is 64.2. The number of nitrogen functional groups attached to an aromatic ring is 4. The second-order valence-electron chi connectivity index (χ2n) is 22.8. The van der Waals surface area contributed by atoms with Crippen LogP contribution in [0.15, 0.2) is 94.8 Å². The molecule has 5 aromatic heterocycles. The van der Waals surface area contributed by atoms with E-state index in [2.05, 4.69) is 86.9 Å². The number of aromatic amines is 1. The Morgan fingerprint density at radius 2 is 0.852 bits per heavy atom. The van der Waals surface area contributed by atoms with Gasteiger partial charge in [0.25, 0.3) is 11.8 Å². The molecule has 0 spiro atoms. The Kier molecular flexibility index (Phi) is 22.6. The number of thiazole rings is 4. The Bertz CT molecular complexity index is 3750. The Balaban J connectivity index is 0.000000135. The normalized spacial score (nSPS) is 15.0. The molecule has 16 N–H and O–H groups in total. The molecule has 5 heterocycles. The Labute approximate surface area is 529 Å². The van der Waals surface area contributed by atoms with Crippen LogP contribution < -0.4 is 54.8 Å². The third kappa shape index (κ3) is 17.9. The van der Waals surface area contributed by atoms with E-state index in [0.717, 1.165) is 92.8 Å². The van der Waals surface area contributed by atoms with Crippen LogP contribution in [0.3, 0.4) is 0 Å². The maximum Gasteiger partial charge on any atom is 0.357 e. The lowest BCUT2D eigenvalue weighted by molar-refractivity contribution is 0.0691. The number of aromatic carboxylic acids is 1. The van der Waals surface area contributed by atoms with Crippen molar-refractivity contribution in [2.45, 2.75) is 155 Å². The van der Waals surface area contributed by atoms with Crippen molar-refractivity contribution in [3.05, 3.63) is 134 Å². The average molecular weight is 1270 g/mol. The third-order valence-electron chi connectivity index (χ3n) is 15.7. The fourth-order valence-corrected chi connectivity index (χ4v) is 13.9. The summed E-state index contributed by atoms with van der Waals surface area (Å²) in [7, 11) is 0. The summed E-state index contributed by atoms with van der Waals surface area (Å²) in [5.41, 5.74) is 41.9. The fourth-order valence-electron chi connectivity index (χ4n) is 10.9. The van der Waals surface area contributed by atoms with Gasteiger partial charge in [0.1, 0.15) is 25.7 Å². The summed E-state index contributed by atoms with van der Waals surface area (Å²) in [4.78, 5) is 60.5. The van der Waals surface area contributed by atoms with Gasteiger partial charge in [0.05, 0.1) is 67.2 Å². The van der Waals surface area contributed by atoms with Gasteiger partial charge >= 0.3 is 5.97 Å². The Hall–Kier alpha value is -8.32. The minimum absolute atomic E-state index is 0.155. The van der Waals surface area contributed by atoms with Crippen LogP contribution in [-0.2, 0) is 0 Å². The fraction of sp³-hybridized carbons (Fsp3) is 0.375. The molecule has 2 amide bonds. The molecule has 4 aromatic carbocycles. The van der Waals surface area contributed by atoms with E-state index in [4.69, 9.17) is 28.0 Å². The summed E-state index contributed by atoms with van der Waals surface area (Å²) in [6, 6.07) is 25.0. The quantitative estimate of drug-likeness (QED) is 0.0450. The lowest BCUT2D eigenvalue weighted by atomic mass is 10.2. The molecule has 13 rings (SSSR count). The number of H-pyrrole nitrogens is 1. The third-order valence-corrected chi connectivity index (χ3v) is 18.7. The van der Waals surface area contributed by atoms with Crippen molar-refractivity contribution >= 4 is 128 Å². The predicted octanol–water partition coefficient (Wildman–Crippen LogP) is 15.0. The molecule has 0 unspecified atom stereocenters. The maximum atomic E-state index is 12.5. The van der Waals surface area contributed by atoms with Crippen LogP contribution in [-0.4, -0.2) is 77.0 Å². The second kappa shape index (κ2) is 31.0. The van der Waals surface area contributed by atoms with Gasteiger partial charge in [0.15, 0.2) is 22.9 Å². The van der Waals surface area contributed by atoms with Gasteiger partial charge in [-0.2, -0.15) is 0 Å². The van der Waals surface area contributed by atoms with E-state index in [1.807, 2.05) is 74.8 Å². The Morgan fingerprint density at radius 1 is 0.455 bits per heavy atom. The molecule has 4 aliphatic rings. The molecule has 0 saturated heterocycles. The average Bonchev–Trinajstić information content (AvgIpc) is 4.48. The van der Waals surface area contributed by atoms with E-state index in [1.165, 1.54) is 104 Å². The SMILES string of the molecule is Cc1ccc(N)c(N)c1.Cc1ccc(N)c(NC(=O)c2ncsc2NC2CCCC2)c1.Cc1ccc(NC(=O)c2ncsc2NC2CCCC2)c(N)c1.Cc1ccc2nc(-c3ncsc3NC3CCCC3)[nH]c2c1.O=C(O)c1ncsc1NC1CCCC1. The number of carboxylic acid groups (broad SMARTS) is 1. The number of amides is 2. The Morgan fingerprint density at radius 3 is 1.34 bits per heavy atom. The number of nitrogens with zero attached hydrogens (tertiary/aromatic N) is 5. The second-order valence-corrected chi connectivity index (χ2v) is 26.2. The molecule has 9 aromatic rings. The molecule has 88 heavy (non-hydrogen) atoms. The molecule has 0 radical (unpaired) electrons. The van der Waals surface area contributed by atoms with Gasteiger partial charge in [0, 0.05) is 24.2 Å². The maximum absolute atomic E-state index is 12.5. The highest BCUT2D eigenvalue weighted by molar-refractivity contribution is 7.15. The molecule has 24 heteroatoms. The van der Waals surface area contributed by atoms with Gasteiger partial charge in [-0.3, -0.25) is 9.59 Å². The monoisotopic (exact) mass is 1260 g/mol. The molecule has 4 saturated carbocycles. The summed E-state index contributed by atoms with van der Waals surface area (Å²) in [5, 5.41) is 31.8. The summed E-state index contributed by atoms with van der Waals surface area (Å²) in [6.45, 7) is 8.00. The minimum atomic E-state index is -0.952. The number of carbonyl (C=O) groups is 3. The number of fused-ring (bicyclic) bond motifs is 1. The molecular formula is C64H80N16O4S4. The first-order chi connectivity index (χ1) is 42.5. The van der Waals surface area contributed by atoms with Crippen LogP contribution in [0.5, 0.6) is 0 Å². The number of benzene rings is 4. The molecule has 4 aliphatic carbocycles. The number of nitrogens with one attached hydrogen (secondary N) is 7. The number of rotatable bonds is 14. The summed E-state index contributed by atoms with van der Waals surface area (Å²) >= 11 is 5.96. The molecule has 0 aliphatic heterocycles. The van der Waals surface area contributed by atoms with Crippen molar-refractivity contribution in [3.8, 4) is 11.5 Å². The zero-order valence-corrected chi connectivity index (χ0v) is 53.5. The lowest BCUT2D eigenvalue weighted by Gasteiger charge is -2.13. The summed E-state index contributed by atoms with van der Waals surface area (Å²) in [6.07, 6.45) is 19.5. The standard InChI is InChI=1S/2C16H20N4OS.C16H18N4S.C9H12N2O2S.C7H10N2/c1-10-6-7-13(12(17)8-10)20-15(21)14-16(22-9-18-14)19-11-4-2-3-5-11;1-10-6-7-12(17)13(8-10)20-15(21)14-16(22-9-18-14)19-11-4-2-3-5-11;1-10-6-7-12-13(8-10)20-15(19-12)14-16(21-9-17-14)18-11-4-2-3-5-11;12-9(13)7-8(14-5-10-7)11-6-3-1-2-4-6;1-5-2-3-6(8)7(9)4-5/h2*6-9,11,19H,2-5,17H2,1H3,(H,20,21);6-9,11,18H,2-5H2,1H3,(H,19,20);5-6,11H,1-4H2,(H,12,13);2-4H,8-9H2,1H3. The molecule has 20 nitrogen and oxygen atoms in total. The van der Waals surface area contributed by atoms with E-state index in [-0.39, 0.29) is 17.5 Å². The van der Waals surface area contributed by atoms with Gasteiger partial charge in [-0.15, -0.1) is 45.3 Å². The van der Waals surface area contributed by atoms with Gasteiger partial charge < -0.3 is 64.9 Å². The van der Waals surface area contributed by atoms with Crippen LogP contribution in [0.4, 0.5) is 54.1 Å².